The molecule has 0 saturated carbocycles. The van der Waals surface area contributed by atoms with Gasteiger partial charge in [0, 0.05) is 11.3 Å². The lowest BCUT2D eigenvalue weighted by Gasteiger charge is -2.11. The van der Waals surface area contributed by atoms with Crippen LogP contribution in [-0.2, 0) is 0 Å². The van der Waals surface area contributed by atoms with Crippen LogP contribution in [-0.4, -0.2) is 7.11 Å². The van der Waals surface area contributed by atoms with Gasteiger partial charge in [0.25, 0.3) is 0 Å². The van der Waals surface area contributed by atoms with E-state index in [2.05, 4.69) is 19.1 Å². The van der Waals surface area contributed by atoms with Crippen LogP contribution in [0.15, 0.2) is 36.4 Å². The first-order valence-electron chi connectivity index (χ1n) is 5.63. The molecule has 17 heavy (non-hydrogen) atoms. The summed E-state index contributed by atoms with van der Waals surface area (Å²) in [5, 5.41) is 0. The van der Waals surface area contributed by atoms with Gasteiger partial charge in [0.15, 0.2) is 0 Å². The van der Waals surface area contributed by atoms with E-state index in [1.807, 2.05) is 31.2 Å². The molecule has 2 aromatic carbocycles. The minimum atomic E-state index is 0.820. The molecule has 2 rings (SSSR count). The van der Waals surface area contributed by atoms with E-state index in [-0.39, 0.29) is 0 Å². The fourth-order valence-corrected chi connectivity index (χ4v) is 1.89. The molecule has 0 atom stereocenters. The Labute approximate surface area is 102 Å². The zero-order valence-corrected chi connectivity index (χ0v) is 10.4. The number of nitrogen functional groups attached to an aromatic ring is 1. The molecule has 2 N–H and O–H groups in total. The Kier molecular flexibility index (Phi) is 3.05. The normalized spacial score (nSPS) is 10.3. The first-order valence-corrected chi connectivity index (χ1v) is 5.63. The van der Waals surface area contributed by atoms with Crippen LogP contribution < -0.4 is 10.5 Å². The molecule has 0 aliphatic heterocycles. The highest BCUT2D eigenvalue weighted by Crippen LogP contribution is 2.32. The number of benzene rings is 2. The maximum Gasteiger partial charge on any atom is 0.126 e. The van der Waals surface area contributed by atoms with Crippen molar-refractivity contribution in [1.82, 2.24) is 0 Å². The van der Waals surface area contributed by atoms with Gasteiger partial charge in [-0.15, -0.1) is 0 Å². The average molecular weight is 227 g/mol. The molecule has 0 unspecified atom stereocenters. The maximum absolute atomic E-state index is 5.84. The average Bonchev–Trinajstić information content (AvgIpc) is 2.32. The second-order valence-electron chi connectivity index (χ2n) is 4.28. The predicted molar refractivity (Wildman–Crippen MR) is 72.3 cm³/mol. The molecular formula is C15H17NO. The summed E-state index contributed by atoms with van der Waals surface area (Å²) in [6.07, 6.45) is 0. The van der Waals surface area contributed by atoms with Crippen molar-refractivity contribution in [3.8, 4) is 16.9 Å². The second-order valence-corrected chi connectivity index (χ2v) is 4.28. The molecule has 0 spiro atoms. The summed E-state index contributed by atoms with van der Waals surface area (Å²) in [6, 6.07) is 12.2. The highest BCUT2D eigenvalue weighted by Gasteiger charge is 2.06. The third kappa shape index (κ3) is 2.26. The molecule has 0 aromatic heterocycles. The smallest absolute Gasteiger partial charge is 0.126 e. The van der Waals surface area contributed by atoms with E-state index in [0.29, 0.717) is 0 Å². The van der Waals surface area contributed by atoms with Crippen molar-refractivity contribution in [3.63, 3.8) is 0 Å². The molecule has 2 nitrogen and oxygen atoms in total. The van der Waals surface area contributed by atoms with Crippen LogP contribution in [0.4, 0.5) is 5.69 Å². The molecule has 0 aliphatic rings. The molecule has 0 aliphatic carbocycles. The van der Waals surface area contributed by atoms with Crippen molar-refractivity contribution in [2.24, 2.45) is 0 Å². The van der Waals surface area contributed by atoms with Crippen LogP contribution in [0, 0.1) is 13.8 Å². The zero-order chi connectivity index (χ0) is 12.4. The first-order chi connectivity index (χ1) is 8.11. The largest absolute Gasteiger partial charge is 0.496 e. The number of hydrogen-bond acceptors (Lipinski definition) is 2. The number of aryl methyl sites for hydroxylation is 2. The minimum absolute atomic E-state index is 0.820. The van der Waals surface area contributed by atoms with Crippen LogP contribution in [0.25, 0.3) is 11.1 Å². The van der Waals surface area contributed by atoms with Crippen molar-refractivity contribution >= 4 is 5.69 Å². The van der Waals surface area contributed by atoms with E-state index < -0.39 is 0 Å². The number of anilines is 1. The van der Waals surface area contributed by atoms with Gasteiger partial charge in [-0.1, -0.05) is 17.7 Å². The lowest BCUT2D eigenvalue weighted by Crippen LogP contribution is -1.92. The van der Waals surface area contributed by atoms with Crippen molar-refractivity contribution in [1.29, 1.82) is 0 Å². The highest BCUT2D eigenvalue weighted by atomic mass is 16.5. The molecule has 2 aromatic rings. The lowest BCUT2D eigenvalue weighted by molar-refractivity contribution is 0.416. The summed E-state index contributed by atoms with van der Waals surface area (Å²) in [5.74, 6) is 0.889. The topological polar surface area (TPSA) is 35.2 Å². The molecule has 0 bridgehead atoms. The van der Waals surface area contributed by atoms with E-state index in [4.69, 9.17) is 10.5 Å². The third-order valence-corrected chi connectivity index (χ3v) is 2.94. The van der Waals surface area contributed by atoms with Crippen molar-refractivity contribution in [2.75, 3.05) is 12.8 Å². The Balaban J connectivity index is 2.58. The Bertz CT molecular complexity index is 547. The molecule has 2 heteroatoms. The van der Waals surface area contributed by atoms with Gasteiger partial charge in [0.1, 0.15) is 5.75 Å². The standard InChI is InChI=1S/C15H17NO/c1-10-4-7-15(17-3)13(8-10)12-5-6-14(16)11(2)9-12/h4-9H,16H2,1-3H3. The van der Waals surface area contributed by atoms with Crippen LogP contribution in [0.3, 0.4) is 0 Å². The summed E-state index contributed by atoms with van der Waals surface area (Å²) in [7, 11) is 1.69. The number of ether oxygens (including phenoxy) is 1. The van der Waals surface area contributed by atoms with E-state index in [0.717, 1.165) is 28.1 Å². The molecule has 0 saturated heterocycles. The SMILES string of the molecule is COc1ccc(C)cc1-c1ccc(N)c(C)c1. The van der Waals surface area contributed by atoms with E-state index in [1.54, 1.807) is 7.11 Å². The van der Waals surface area contributed by atoms with Crippen LogP contribution >= 0.6 is 0 Å². The van der Waals surface area contributed by atoms with Crippen molar-refractivity contribution < 1.29 is 4.74 Å². The van der Waals surface area contributed by atoms with Gasteiger partial charge in [-0.25, -0.2) is 0 Å². The Morgan fingerprint density at radius 2 is 1.76 bits per heavy atom. The quantitative estimate of drug-likeness (QED) is 0.796. The fraction of sp³-hybridized carbons (Fsp3) is 0.200. The van der Waals surface area contributed by atoms with E-state index >= 15 is 0 Å². The Morgan fingerprint density at radius 1 is 1.00 bits per heavy atom. The van der Waals surface area contributed by atoms with E-state index in [1.165, 1.54) is 5.56 Å². The summed E-state index contributed by atoms with van der Waals surface area (Å²) in [6.45, 7) is 4.09. The van der Waals surface area contributed by atoms with Crippen molar-refractivity contribution in [3.05, 3.63) is 47.5 Å². The number of hydrogen-bond donors (Lipinski definition) is 1. The molecule has 0 heterocycles. The molecule has 0 amide bonds. The highest BCUT2D eigenvalue weighted by molar-refractivity contribution is 5.73. The first kappa shape index (κ1) is 11.5. The Hall–Kier alpha value is -1.96. The van der Waals surface area contributed by atoms with Gasteiger partial charge in [0.2, 0.25) is 0 Å². The summed E-state index contributed by atoms with van der Waals surface area (Å²) < 4.78 is 5.39. The van der Waals surface area contributed by atoms with Crippen molar-refractivity contribution in [2.45, 2.75) is 13.8 Å². The number of rotatable bonds is 2. The van der Waals surface area contributed by atoms with Crippen LogP contribution in [0.5, 0.6) is 5.75 Å². The summed E-state index contributed by atoms with van der Waals surface area (Å²) >= 11 is 0. The monoisotopic (exact) mass is 227 g/mol. The third-order valence-electron chi connectivity index (χ3n) is 2.94. The van der Waals surface area contributed by atoms with Gasteiger partial charge in [0.05, 0.1) is 7.11 Å². The van der Waals surface area contributed by atoms with Crippen LogP contribution in [0.1, 0.15) is 11.1 Å². The molecule has 0 fully saturated rings. The van der Waals surface area contributed by atoms with Gasteiger partial charge in [-0.2, -0.15) is 0 Å². The van der Waals surface area contributed by atoms with Gasteiger partial charge in [-0.05, 0) is 49.2 Å². The van der Waals surface area contributed by atoms with Gasteiger partial charge < -0.3 is 10.5 Å². The minimum Gasteiger partial charge on any atom is -0.496 e. The second kappa shape index (κ2) is 4.50. The molecular weight excluding hydrogens is 210 g/mol. The summed E-state index contributed by atoms with van der Waals surface area (Å²) in [5.41, 5.74) is 11.2. The predicted octanol–water partition coefficient (Wildman–Crippen LogP) is 3.56. The fourth-order valence-electron chi connectivity index (χ4n) is 1.89. The lowest BCUT2D eigenvalue weighted by atomic mass is 10.00. The molecule has 0 radical (unpaired) electrons. The molecule has 88 valence electrons. The zero-order valence-electron chi connectivity index (χ0n) is 10.4. The number of nitrogens with two attached hydrogens (primary N) is 1. The Morgan fingerprint density at radius 3 is 2.41 bits per heavy atom. The van der Waals surface area contributed by atoms with E-state index in [9.17, 15) is 0 Å². The van der Waals surface area contributed by atoms with Gasteiger partial charge in [-0.3, -0.25) is 0 Å². The summed E-state index contributed by atoms with van der Waals surface area (Å²) in [4.78, 5) is 0. The van der Waals surface area contributed by atoms with Crippen LogP contribution in [0.2, 0.25) is 0 Å². The number of methoxy groups -OCH3 is 1. The van der Waals surface area contributed by atoms with Gasteiger partial charge >= 0.3 is 0 Å². The maximum atomic E-state index is 5.84.